The van der Waals surface area contributed by atoms with Crippen LogP contribution < -0.4 is 16.0 Å². The standard InChI is InChI=1S/C12H8N4O5/c1-21-10-4-8(16(19)20)2-3-9(10)15-6-7(5-13)11(17)14-12(15)18/h2-4,6H,1H3,(H,14,17,18). The first kappa shape index (κ1) is 14.0. The van der Waals surface area contributed by atoms with Crippen LogP contribution in [-0.4, -0.2) is 21.6 Å². The smallest absolute Gasteiger partial charge is 0.333 e. The number of nitriles is 1. The van der Waals surface area contributed by atoms with Crippen LogP contribution in [0.25, 0.3) is 5.69 Å². The number of nitrogens with zero attached hydrogens (tertiary/aromatic N) is 3. The third-order valence-electron chi connectivity index (χ3n) is 2.70. The minimum atomic E-state index is -0.806. The molecule has 21 heavy (non-hydrogen) atoms. The van der Waals surface area contributed by atoms with Gasteiger partial charge in [-0.2, -0.15) is 5.26 Å². The second-order valence-electron chi connectivity index (χ2n) is 3.90. The number of hydrogen-bond acceptors (Lipinski definition) is 6. The van der Waals surface area contributed by atoms with Crippen molar-refractivity contribution in [2.24, 2.45) is 0 Å². The molecule has 0 fully saturated rings. The largest absolute Gasteiger partial charge is 0.494 e. The van der Waals surface area contributed by atoms with Crippen LogP contribution in [0.2, 0.25) is 0 Å². The molecule has 0 aliphatic heterocycles. The first-order valence-electron chi connectivity index (χ1n) is 5.57. The average Bonchev–Trinajstić information content (AvgIpc) is 2.47. The zero-order chi connectivity index (χ0) is 15.6. The Morgan fingerprint density at radius 1 is 1.43 bits per heavy atom. The van der Waals surface area contributed by atoms with Crippen molar-refractivity contribution in [2.75, 3.05) is 7.11 Å². The molecule has 2 aromatic rings. The van der Waals surface area contributed by atoms with Crippen molar-refractivity contribution in [2.45, 2.75) is 0 Å². The molecular formula is C12H8N4O5. The van der Waals surface area contributed by atoms with E-state index in [9.17, 15) is 19.7 Å². The lowest BCUT2D eigenvalue weighted by Crippen LogP contribution is -2.30. The summed E-state index contributed by atoms with van der Waals surface area (Å²) in [4.78, 5) is 35.2. The molecule has 0 amide bonds. The van der Waals surface area contributed by atoms with E-state index in [0.29, 0.717) is 0 Å². The van der Waals surface area contributed by atoms with Gasteiger partial charge < -0.3 is 4.74 Å². The molecule has 1 heterocycles. The van der Waals surface area contributed by atoms with Gasteiger partial charge in [0.1, 0.15) is 17.4 Å². The van der Waals surface area contributed by atoms with Crippen molar-refractivity contribution in [3.63, 3.8) is 0 Å². The highest BCUT2D eigenvalue weighted by molar-refractivity contribution is 5.53. The zero-order valence-corrected chi connectivity index (χ0v) is 10.7. The Hall–Kier alpha value is -3.41. The molecule has 0 aliphatic carbocycles. The summed E-state index contributed by atoms with van der Waals surface area (Å²) >= 11 is 0. The molecule has 0 spiro atoms. The summed E-state index contributed by atoms with van der Waals surface area (Å²) in [7, 11) is 1.28. The van der Waals surface area contributed by atoms with Gasteiger partial charge in [-0.25, -0.2) is 4.79 Å². The van der Waals surface area contributed by atoms with E-state index in [4.69, 9.17) is 10.00 Å². The molecule has 1 N–H and O–H groups in total. The van der Waals surface area contributed by atoms with Gasteiger partial charge in [-0.3, -0.25) is 24.5 Å². The zero-order valence-electron chi connectivity index (χ0n) is 10.7. The van der Waals surface area contributed by atoms with Crippen molar-refractivity contribution in [1.82, 2.24) is 9.55 Å². The fourth-order valence-corrected chi connectivity index (χ4v) is 1.71. The molecule has 1 aromatic carbocycles. The van der Waals surface area contributed by atoms with E-state index in [1.807, 2.05) is 4.98 Å². The second-order valence-corrected chi connectivity index (χ2v) is 3.90. The van der Waals surface area contributed by atoms with E-state index in [2.05, 4.69) is 0 Å². The number of non-ortho nitro benzene ring substituents is 1. The lowest BCUT2D eigenvalue weighted by molar-refractivity contribution is -0.384. The summed E-state index contributed by atoms with van der Waals surface area (Å²) < 4.78 is 5.98. The number of aromatic nitrogens is 2. The topological polar surface area (TPSA) is 131 Å². The Bertz CT molecular complexity index is 874. The number of methoxy groups -OCH3 is 1. The van der Waals surface area contributed by atoms with Crippen molar-refractivity contribution in [1.29, 1.82) is 5.26 Å². The Morgan fingerprint density at radius 3 is 2.71 bits per heavy atom. The summed E-state index contributed by atoms with van der Waals surface area (Å²) in [6.45, 7) is 0. The van der Waals surface area contributed by atoms with Gasteiger partial charge in [-0.1, -0.05) is 0 Å². The maximum Gasteiger partial charge on any atom is 0.333 e. The highest BCUT2D eigenvalue weighted by Gasteiger charge is 2.15. The predicted molar refractivity (Wildman–Crippen MR) is 70.6 cm³/mol. The van der Waals surface area contributed by atoms with Gasteiger partial charge in [-0.15, -0.1) is 0 Å². The molecular weight excluding hydrogens is 280 g/mol. The van der Waals surface area contributed by atoms with Crippen LogP contribution in [0, 0.1) is 21.4 Å². The van der Waals surface area contributed by atoms with Crippen LogP contribution in [-0.2, 0) is 0 Å². The Labute approximate surface area is 116 Å². The lowest BCUT2D eigenvalue weighted by atomic mass is 10.2. The summed E-state index contributed by atoms with van der Waals surface area (Å²) in [5, 5.41) is 19.5. The highest BCUT2D eigenvalue weighted by atomic mass is 16.6. The molecule has 106 valence electrons. The number of nitro benzene ring substituents is 1. The number of H-pyrrole nitrogens is 1. The predicted octanol–water partition coefficient (Wildman–Crippen LogP) is 0.314. The van der Waals surface area contributed by atoms with Gasteiger partial charge in [0, 0.05) is 12.3 Å². The van der Waals surface area contributed by atoms with Crippen LogP contribution in [0.3, 0.4) is 0 Å². The van der Waals surface area contributed by atoms with E-state index in [1.54, 1.807) is 6.07 Å². The van der Waals surface area contributed by atoms with Crippen molar-refractivity contribution in [3.05, 3.63) is 60.9 Å². The van der Waals surface area contributed by atoms with E-state index in [1.165, 1.54) is 19.2 Å². The third kappa shape index (κ3) is 2.50. The normalized spacial score (nSPS) is 9.90. The van der Waals surface area contributed by atoms with Gasteiger partial charge in [0.25, 0.3) is 11.2 Å². The van der Waals surface area contributed by atoms with Gasteiger partial charge >= 0.3 is 5.69 Å². The van der Waals surface area contributed by atoms with Crippen LogP contribution in [0.4, 0.5) is 5.69 Å². The Kier molecular flexibility index (Phi) is 3.53. The van der Waals surface area contributed by atoms with Crippen LogP contribution >= 0.6 is 0 Å². The van der Waals surface area contributed by atoms with Crippen LogP contribution in [0.1, 0.15) is 5.56 Å². The highest BCUT2D eigenvalue weighted by Crippen LogP contribution is 2.26. The molecule has 0 saturated carbocycles. The Morgan fingerprint density at radius 2 is 2.14 bits per heavy atom. The van der Waals surface area contributed by atoms with Gasteiger partial charge in [0.05, 0.1) is 23.8 Å². The number of rotatable bonds is 3. The van der Waals surface area contributed by atoms with E-state index in [0.717, 1.165) is 16.8 Å². The summed E-state index contributed by atoms with van der Waals surface area (Å²) in [5.41, 5.74) is -1.91. The van der Waals surface area contributed by atoms with Crippen molar-refractivity contribution >= 4 is 5.69 Å². The van der Waals surface area contributed by atoms with Crippen molar-refractivity contribution in [3.8, 4) is 17.5 Å². The molecule has 0 atom stereocenters. The second kappa shape index (κ2) is 5.30. The SMILES string of the molecule is COc1cc([N+](=O)[O-])ccc1-n1cc(C#N)c(=O)[nH]c1=O. The molecule has 0 radical (unpaired) electrons. The summed E-state index contributed by atoms with van der Waals surface area (Å²) in [5.74, 6) is 0.0576. The van der Waals surface area contributed by atoms with Crippen LogP contribution in [0.5, 0.6) is 5.75 Å². The molecule has 1 aromatic heterocycles. The lowest BCUT2D eigenvalue weighted by Gasteiger charge is -2.10. The number of ether oxygens (including phenoxy) is 1. The fraction of sp³-hybridized carbons (Fsp3) is 0.0833. The third-order valence-corrected chi connectivity index (χ3v) is 2.70. The monoisotopic (exact) mass is 288 g/mol. The van der Waals surface area contributed by atoms with E-state index < -0.39 is 16.2 Å². The van der Waals surface area contributed by atoms with Crippen molar-refractivity contribution < 1.29 is 9.66 Å². The number of aromatic amines is 1. The van der Waals surface area contributed by atoms with Gasteiger partial charge in [0.15, 0.2) is 0 Å². The number of nitro groups is 1. The molecule has 2 rings (SSSR count). The fourth-order valence-electron chi connectivity index (χ4n) is 1.71. The molecule has 9 heteroatoms. The first-order valence-corrected chi connectivity index (χ1v) is 5.57. The quantitative estimate of drug-likeness (QED) is 0.638. The first-order chi connectivity index (χ1) is 9.97. The minimum Gasteiger partial charge on any atom is -0.494 e. The van der Waals surface area contributed by atoms with Gasteiger partial charge in [0.2, 0.25) is 0 Å². The number of hydrogen-bond donors (Lipinski definition) is 1. The maximum absolute atomic E-state index is 11.8. The molecule has 9 nitrogen and oxygen atoms in total. The average molecular weight is 288 g/mol. The van der Waals surface area contributed by atoms with E-state index >= 15 is 0 Å². The molecule has 0 bridgehead atoms. The van der Waals surface area contributed by atoms with Crippen LogP contribution in [0.15, 0.2) is 34.0 Å². The molecule has 0 aliphatic rings. The number of nitrogens with one attached hydrogen (secondary N) is 1. The molecule has 0 unspecified atom stereocenters. The number of benzene rings is 1. The summed E-state index contributed by atoms with van der Waals surface area (Å²) in [6.07, 6.45) is 1.05. The van der Waals surface area contributed by atoms with E-state index in [-0.39, 0.29) is 22.7 Å². The summed E-state index contributed by atoms with van der Waals surface area (Å²) in [6, 6.07) is 5.26. The Balaban J connectivity index is 2.73. The molecule has 0 saturated heterocycles. The maximum atomic E-state index is 11.8. The minimum absolute atomic E-state index is 0.0576. The van der Waals surface area contributed by atoms with Gasteiger partial charge in [-0.05, 0) is 6.07 Å².